The molecule has 0 aliphatic rings. The first-order valence-corrected chi connectivity index (χ1v) is 6.00. The number of thioether (sulfide) groups is 1. The summed E-state index contributed by atoms with van der Waals surface area (Å²) in [5.74, 6) is 0. The van der Waals surface area contributed by atoms with E-state index in [1.165, 1.54) is 10.5 Å². The number of nitrogens with two attached hydrogens (primary N) is 1. The van der Waals surface area contributed by atoms with E-state index in [1.807, 2.05) is 12.1 Å². The predicted molar refractivity (Wildman–Crippen MR) is 64.0 cm³/mol. The minimum atomic E-state index is 0.584. The van der Waals surface area contributed by atoms with E-state index >= 15 is 0 Å². The first-order valence-electron chi connectivity index (χ1n) is 3.98. The minimum Gasteiger partial charge on any atom is -0.327 e. The monoisotopic (exact) mass is 257 g/mol. The molecule has 0 aliphatic heterocycles. The molecule has 70 valence electrons. The van der Waals surface area contributed by atoms with Crippen LogP contribution in [-0.2, 0) is 0 Å². The fraction of sp³-hybridized carbons (Fsp3) is 0.200. The number of halogens is 1. The highest BCUT2D eigenvalue weighted by molar-refractivity contribution is 9.10. The van der Waals surface area contributed by atoms with Crippen molar-refractivity contribution in [3.63, 3.8) is 0 Å². The van der Waals surface area contributed by atoms with Gasteiger partial charge in [-0.3, -0.25) is 0 Å². The lowest BCUT2D eigenvalue weighted by Gasteiger charge is -2.02. The van der Waals surface area contributed by atoms with Gasteiger partial charge in [-0.05, 0) is 30.0 Å². The van der Waals surface area contributed by atoms with Crippen LogP contribution in [-0.4, -0.2) is 12.8 Å². The van der Waals surface area contributed by atoms with Gasteiger partial charge < -0.3 is 5.73 Å². The normalized spacial score (nSPS) is 11.0. The van der Waals surface area contributed by atoms with Gasteiger partial charge in [0.05, 0.1) is 0 Å². The molecule has 1 rings (SSSR count). The van der Waals surface area contributed by atoms with Crippen LogP contribution in [0.1, 0.15) is 5.56 Å². The number of hydrogen-bond donors (Lipinski definition) is 1. The molecule has 0 saturated carbocycles. The molecule has 0 radical (unpaired) electrons. The van der Waals surface area contributed by atoms with Crippen LogP contribution in [0.15, 0.2) is 33.6 Å². The van der Waals surface area contributed by atoms with Crippen LogP contribution in [0.5, 0.6) is 0 Å². The first kappa shape index (κ1) is 10.8. The molecule has 0 saturated heterocycles. The zero-order valence-corrected chi connectivity index (χ0v) is 9.86. The molecule has 0 aromatic heterocycles. The van der Waals surface area contributed by atoms with Gasteiger partial charge in [-0.25, -0.2) is 0 Å². The second-order valence-electron chi connectivity index (χ2n) is 2.52. The second-order valence-corrected chi connectivity index (χ2v) is 4.29. The Morgan fingerprint density at radius 3 is 2.92 bits per heavy atom. The number of rotatable bonds is 3. The van der Waals surface area contributed by atoms with Crippen molar-refractivity contribution in [3.8, 4) is 0 Å². The molecule has 0 fully saturated rings. The molecule has 0 atom stereocenters. The Kier molecular flexibility index (Phi) is 4.56. The molecule has 0 spiro atoms. The van der Waals surface area contributed by atoms with Crippen LogP contribution < -0.4 is 5.73 Å². The first-order chi connectivity index (χ1) is 6.27. The number of hydrogen-bond acceptors (Lipinski definition) is 2. The number of benzene rings is 1. The maximum absolute atomic E-state index is 5.40. The van der Waals surface area contributed by atoms with Crippen molar-refractivity contribution in [2.45, 2.75) is 4.90 Å². The van der Waals surface area contributed by atoms with Crippen LogP contribution in [0.3, 0.4) is 0 Å². The molecular weight excluding hydrogens is 246 g/mol. The summed E-state index contributed by atoms with van der Waals surface area (Å²) in [5, 5.41) is 0. The van der Waals surface area contributed by atoms with E-state index in [0.29, 0.717) is 6.54 Å². The third-order valence-corrected chi connectivity index (χ3v) is 2.93. The van der Waals surface area contributed by atoms with Crippen LogP contribution in [0, 0.1) is 0 Å². The van der Waals surface area contributed by atoms with E-state index in [2.05, 4.69) is 40.4 Å². The standard InChI is InChI=1S/C10H12BrNS/c1-13-10-5-4-9(11)7-8(10)3-2-6-12/h2-5,7H,6,12H2,1H3/b3-2+. The third kappa shape index (κ3) is 3.18. The Morgan fingerprint density at radius 2 is 2.31 bits per heavy atom. The van der Waals surface area contributed by atoms with Crippen molar-refractivity contribution < 1.29 is 0 Å². The molecule has 0 heterocycles. The molecule has 0 bridgehead atoms. The molecular formula is C10H12BrNS. The highest BCUT2D eigenvalue weighted by Gasteiger charge is 1.97. The lowest BCUT2D eigenvalue weighted by molar-refractivity contribution is 1.26. The maximum atomic E-state index is 5.40. The van der Waals surface area contributed by atoms with Gasteiger partial charge in [0.1, 0.15) is 0 Å². The summed E-state index contributed by atoms with van der Waals surface area (Å²) in [6, 6.07) is 6.24. The predicted octanol–water partition coefficient (Wildman–Crippen LogP) is 3.14. The highest BCUT2D eigenvalue weighted by Crippen LogP contribution is 2.24. The lowest BCUT2D eigenvalue weighted by atomic mass is 10.2. The molecule has 1 aromatic rings. The SMILES string of the molecule is CSc1ccc(Br)cc1/C=C/CN. The van der Waals surface area contributed by atoms with Gasteiger partial charge in [-0.15, -0.1) is 11.8 Å². The summed E-state index contributed by atoms with van der Waals surface area (Å²) in [4.78, 5) is 1.27. The molecule has 2 N–H and O–H groups in total. The van der Waals surface area contributed by atoms with Gasteiger partial charge in [-0.1, -0.05) is 28.1 Å². The molecule has 0 unspecified atom stereocenters. The van der Waals surface area contributed by atoms with Crippen molar-refractivity contribution in [2.75, 3.05) is 12.8 Å². The van der Waals surface area contributed by atoms with Crippen molar-refractivity contribution in [1.82, 2.24) is 0 Å². The smallest absolute Gasteiger partial charge is 0.0182 e. The summed E-state index contributed by atoms with van der Waals surface area (Å²) in [6.07, 6.45) is 6.08. The van der Waals surface area contributed by atoms with E-state index in [4.69, 9.17) is 5.73 Å². The average molecular weight is 258 g/mol. The summed E-state index contributed by atoms with van der Waals surface area (Å²) in [7, 11) is 0. The Hall–Kier alpha value is -0.250. The van der Waals surface area contributed by atoms with E-state index < -0.39 is 0 Å². The Morgan fingerprint density at radius 1 is 1.54 bits per heavy atom. The Labute approximate surface area is 91.5 Å². The minimum absolute atomic E-state index is 0.584. The van der Waals surface area contributed by atoms with Crippen molar-refractivity contribution in [3.05, 3.63) is 34.3 Å². The second kappa shape index (κ2) is 5.47. The quantitative estimate of drug-likeness (QED) is 0.843. The summed E-state index contributed by atoms with van der Waals surface area (Å²) < 4.78 is 1.10. The van der Waals surface area contributed by atoms with Crippen molar-refractivity contribution in [2.24, 2.45) is 5.73 Å². The Bertz CT molecular complexity index is 310. The maximum Gasteiger partial charge on any atom is 0.0182 e. The summed E-state index contributed by atoms with van der Waals surface area (Å²) >= 11 is 5.18. The van der Waals surface area contributed by atoms with Gasteiger partial charge in [0.2, 0.25) is 0 Å². The molecule has 0 amide bonds. The van der Waals surface area contributed by atoms with Gasteiger partial charge in [0, 0.05) is 15.9 Å². The van der Waals surface area contributed by atoms with Crippen LogP contribution in [0.4, 0.5) is 0 Å². The molecule has 0 aliphatic carbocycles. The molecule has 3 heteroatoms. The molecule has 1 aromatic carbocycles. The Balaban J connectivity index is 3.01. The molecule has 13 heavy (non-hydrogen) atoms. The zero-order chi connectivity index (χ0) is 9.68. The topological polar surface area (TPSA) is 26.0 Å². The van der Waals surface area contributed by atoms with E-state index in [9.17, 15) is 0 Å². The van der Waals surface area contributed by atoms with Gasteiger partial charge in [0.15, 0.2) is 0 Å². The molecule has 1 nitrogen and oxygen atoms in total. The largest absolute Gasteiger partial charge is 0.327 e. The van der Waals surface area contributed by atoms with Crippen LogP contribution in [0.25, 0.3) is 6.08 Å². The van der Waals surface area contributed by atoms with Gasteiger partial charge in [0.25, 0.3) is 0 Å². The summed E-state index contributed by atoms with van der Waals surface area (Å²) in [5.41, 5.74) is 6.62. The van der Waals surface area contributed by atoms with Gasteiger partial charge in [-0.2, -0.15) is 0 Å². The van der Waals surface area contributed by atoms with Crippen molar-refractivity contribution >= 4 is 33.8 Å². The van der Waals surface area contributed by atoms with E-state index in [1.54, 1.807) is 11.8 Å². The van der Waals surface area contributed by atoms with E-state index in [0.717, 1.165) is 4.47 Å². The highest BCUT2D eigenvalue weighted by atomic mass is 79.9. The summed E-state index contributed by atoms with van der Waals surface area (Å²) in [6.45, 7) is 0.584. The van der Waals surface area contributed by atoms with Crippen LogP contribution >= 0.6 is 27.7 Å². The lowest BCUT2D eigenvalue weighted by Crippen LogP contribution is -1.92. The third-order valence-electron chi connectivity index (χ3n) is 1.63. The van der Waals surface area contributed by atoms with Crippen molar-refractivity contribution in [1.29, 1.82) is 0 Å². The van der Waals surface area contributed by atoms with Gasteiger partial charge >= 0.3 is 0 Å². The fourth-order valence-electron chi connectivity index (χ4n) is 1.03. The van der Waals surface area contributed by atoms with E-state index in [-0.39, 0.29) is 0 Å². The van der Waals surface area contributed by atoms with Crippen LogP contribution in [0.2, 0.25) is 0 Å². The zero-order valence-electron chi connectivity index (χ0n) is 7.46. The fourth-order valence-corrected chi connectivity index (χ4v) is 1.98. The average Bonchev–Trinajstić information content (AvgIpc) is 2.15.